The number of nitrogens with one attached hydrogen (secondary N) is 1. The smallest absolute Gasteiger partial charge is 0.147 e. The lowest BCUT2D eigenvalue weighted by Crippen LogP contribution is -2.26. The minimum atomic E-state index is -2.79. The van der Waals surface area contributed by atoms with Crippen LogP contribution in [0.3, 0.4) is 0 Å². The Morgan fingerprint density at radius 3 is 2.13 bits per heavy atom. The van der Waals surface area contributed by atoms with E-state index in [1.165, 1.54) is 12.7 Å². The van der Waals surface area contributed by atoms with Gasteiger partial charge in [-0.1, -0.05) is 13.8 Å². The van der Waals surface area contributed by atoms with E-state index >= 15 is 0 Å². The van der Waals surface area contributed by atoms with E-state index < -0.39 is 9.84 Å². The molecule has 1 atom stereocenters. The minimum absolute atomic E-state index is 0.312. The summed E-state index contributed by atoms with van der Waals surface area (Å²) in [6.45, 7) is 4.42. The van der Waals surface area contributed by atoms with Gasteiger partial charge in [-0.2, -0.15) is 0 Å². The third-order valence-electron chi connectivity index (χ3n) is 2.57. The van der Waals surface area contributed by atoms with Crippen LogP contribution in [0.5, 0.6) is 0 Å². The highest BCUT2D eigenvalue weighted by molar-refractivity contribution is 7.90. The first-order chi connectivity index (χ1) is 6.85. The van der Waals surface area contributed by atoms with E-state index in [0.717, 1.165) is 25.2 Å². The van der Waals surface area contributed by atoms with Gasteiger partial charge < -0.3 is 5.32 Å². The lowest BCUT2D eigenvalue weighted by atomic mass is 10.0. The molecular formula is C11H25NO2S. The van der Waals surface area contributed by atoms with Crippen molar-refractivity contribution in [2.75, 3.05) is 19.1 Å². The van der Waals surface area contributed by atoms with E-state index in [2.05, 4.69) is 19.2 Å². The van der Waals surface area contributed by atoms with E-state index in [1.807, 2.05) is 7.05 Å². The van der Waals surface area contributed by atoms with E-state index in [9.17, 15) is 8.42 Å². The van der Waals surface area contributed by atoms with Gasteiger partial charge in [-0.15, -0.1) is 0 Å². The van der Waals surface area contributed by atoms with Crippen LogP contribution in [0.15, 0.2) is 0 Å². The van der Waals surface area contributed by atoms with Crippen LogP contribution in [0.1, 0.15) is 39.5 Å². The molecule has 92 valence electrons. The average Bonchev–Trinajstić information content (AvgIpc) is 2.08. The van der Waals surface area contributed by atoms with E-state index in [1.54, 1.807) is 0 Å². The molecule has 0 radical (unpaired) electrons. The fraction of sp³-hybridized carbons (Fsp3) is 1.00. The van der Waals surface area contributed by atoms with Crippen LogP contribution in [0.4, 0.5) is 0 Å². The Labute approximate surface area is 94.6 Å². The number of hydrogen-bond acceptors (Lipinski definition) is 3. The Morgan fingerprint density at radius 1 is 1.13 bits per heavy atom. The summed E-state index contributed by atoms with van der Waals surface area (Å²) in [5.41, 5.74) is 0. The van der Waals surface area contributed by atoms with Gasteiger partial charge in [0.05, 0.1) is 0 Å². The van der Waals surface area contributed by atoms with Crippen molar-refractivity contribution in [2.45, 2.75) is 45.6 Å². The van der Waals surface area contributed by atoms with Crippen LogP contribution in [-0.4, -0.2) is 33.5 Å². The summed E-state index contributed by atoms with van der Waals surface area (Å²) in [7, 11) is -0.837. The van der Waals surface area contributed by atoms with Crippen molar-refractivity contribution in [3.05, 3.63) is 0 Å². The molecule has 0 rings (SSSR count). The number of hydrogen-bond donors (Lipinski definition) is 1. The fourth-order valence-electron chi connectivity index (χ4n) is 1.56. The maximum atomic E-state index is 10.9. The molecule has 4 heteroatoms. The number of sulfone groups is 1. The summed E-state index contributed by atoms with van der Waals surface area (Å²) in [5, 5.41) is 3.25. The Balaban J connectivity index is 3.71. The van der Waals surface area contributed by atoms with Gasteiger partial charge in [0.25, 0.3) is 0 Å². The third kappa shape index (κ3) is 10.2. The van der Waals surface area contributed by atoms with Crippen molar-refractivity contribution in [1.29, 1.82) is 0 Å². The highest BCUT2D eigenvalue weighted by atomic mass is 32.2. The Kier molecular flexibility index (Phi) is 7.18. The van der Waals surface area contributed by atoms with Crippen molar-refractivity contribution in [1.82, 2.24) is 5.32 Å². The molecule has 0 aliphatic carbocycles. The monoisotopic (exact) mass is 235 g/mol. The second kappa shape index (κ2) is 7.23. The SMILES string of the molecule is CNC(CCCS(C)(=O)=O)CCC(C)C. The van der Waals surface area contributed by atoms with Crippen LogP contribution in [0, 0.1) is 5.92 Å². The first kappa shape index (κ1) is 14.9. The zero-order valence-corrected chi connectivity index (χ0v) is 11.2. The largest absolute Gasteiger partial charge is 0.317 e. The minimum Gasteiger partial charge on any atom is -0.317 e. The van der Waals surface area contributed by atoms with E-state index in [4.69, 9.17) is 0 Å². The topological polar surface area (TPSA) is 46.2 Å². The van der Waals surface area contributed by atoms with Gasteiger partial charge in [0.15, 0.2) is 0 Å². The van der Waals surface area contributed by atoms with Gasteiger partial charge in [-0.3, -0.25) is 0 Å². The molecule has 0 saturated heterocycles. The van der Waals surface area contributed by atoms with Crippen LogP contribution in [0.25, 0.3) is 0 Å². The van der Waals surface area contributed by atoms with Gasteiger partial charge in [-0.05, 0) is 38.6 Å². The third-order valence-corrected chi connectivity index (χ3v) is 3.60. The Bertz CT molecular complexity index is 247. The quantitative estimate of drug-likeness (QED) is 0.698. The van der Waals surface area contributed by atoms with E-state index in [0.29, 0.717) is 11.8 Å². The highest BCUT2D eigenvalue weighted by Crippen LogP contribution is 2.10. The second-order valence-corrected chi connectivity index (χ2v) is 6.99. The zero-order valence-electron chi connectivity index (χ0n) is 10.4. The van der Waals surface area contributed by atoms with E-state index in [-0.39, 0.29) is 0 Å². The lowest BCUT2D eigenvalue weighted by molar-refractivity contribution is 0.429. The summed E-state index contributed by atoms with van der Waals surface area (Å²) in [5.74, 6) is 1.03. The van der Waals surface area contributed by atoms with Crippen molar-refractivity contribution >= 4 is 9.84 Å². The van der Waals surface area contributed by atoms with Crippen molar-refractivity contribution in [2.24, 2.45) is 5.92 Å². The van der Waals surface area contributed by atoms with Crippen LogP contribution < -0.4 is 5.32 Å². The van der Waals surface area contributed by atoms with Crippen molar-refractivity contribution in [3.8, 4) is 0 Å². The van der Waals surface area contributed by atoms with Gasteiger partial charge in [-0.25, -0.2) is 8.42 Å². The molecule has 0 spiro atoms. The molecule has 15 heavy (non-hydrogen) atoms. The van der Waals surface area contributed by atoms with Crippen LogP contribution >= 0.6 is 0 Å². The number of rotatable bonds is 8. The molecule has 0 aliphatic rings. The first-order valence-corrected chi connectivity index (χ1v) is 7.76. The molecule has 0 heterocycles. The Hall–Kier alpha value is -0.0900. The average molecular weight is 235 g/mol. The van der Waals surface area contributed by atoms with Crippen molar-refractivity contribution in [3.63, 3.8) is 0 Å². The first-order valence-electron chi connectivity index (χ1n) is 5.70. The van der Waals surface area contributed by atoms with Crippen LogP contribution in [-0.2, 0) is 9.84 Å². The summed E-state index contributed by atoms with van der Waals surface area (Å²) < 4.78 is 21.9. The van der Waals surface area contributed by atoms with Crippen molar-refractivity contribution < 1.29 is 8.42 Å². The lowest BCUT2D eigenvalue weighted by Gasteiger charge is -2.16. The molecule has 3 nitrogen and oxygen atoms in total. The summed E-state index contributed by atoms with van der Waals surface area (Å²) in [6.07, 6.45) is 5.36. The molecule has 0 amide bonds. The molecule has 0 bridgehead atoms. The molecular weight excluding hydrogens is 210 g/mol. The standard InChI is InChI=1S/C11H25NO2S/c1-10(2)7-8-11(12-3)6-5-9-15(4,13)14/h10-12H,5-9H2,1-4H3. The molecule has 1 N–H and O–H groups in total. The van der Waals surface area contributed by atoms with Gasteiger partial charge in [0.1, 0.15) is 9.84 Å². The van der Waals surface area contributed by atoms with Gasteiger partial charge >= 0.3 is 0 Å². The fourth-order valence-corrected chi connectivity index (χ4v) is 2.25. The van der Waals surface area contributed by atoms with Gasteiger partial charge in [0, 0.05) is 18.1 Å². The predicted octanol–water partition coefficient (Wildman–Crippen LogP) is 1.84. The molecule has 0 saturated carbocycles. The predicted molar refractivity (Wildman–Crippen MR) is 65.9 cm³/mol. The maximum absolute atomic E-state index is 10.9. The second-order valence-electron chi connectivity index (χ2n) is 4.73. The molecule has 1 unspecified atom stereocenters. The summed E-state index contributed by atoms with van der Waals surface area (Å²) in [4.78, 5) is 0. The molecule has 0 aromatic carbocycles. The van der Waals surface area contributed by atoms with Gasteiger partial charge in [0.2, 0.25) is 0 Å². The molecule has 0 fully saturated rings. The molecule has 0 aliphatic heterocycles. The summed E-state index contributed by atoms with van der Waals surface area (Å²) in [6, 6.07) is 0.467. The Morgan fingerprint density at radius 2 is 1.73 bits per heavy atom. The maximum Gasteiger partial charge on any atom is 0.147 e. The normalized spacial score (nSPS) is 14.5. The molecule has 0 aromatic rings. The zero-order chi connectivity index (χ0) is 11.9. The van der Waals surface area contributed by atoms with Crippen LogP contribution in [0.2, 0.25) is 0 Å². The highest BCUT2D eigenvalue weighted by Gasteiger charge is 2.09. The molecule has 0 aromatic heterocycles. The summed E-state index contributed by atoms with van der Waals surface area (Å²) >= 11 is 0.